The summed E-state index contributed by atoms with van der Waals surface area (Å²) >= 11 is 0. The Labute approximate surface area is 115 Å². The summed E-state index contributed by atoms with van der Waals surface area (Å²) in [6.45, 7) is 7.03. The SMILES string of the molecule is CC(C)(C)Nc1cccc(OCc2ccccc2)c1. The fourth-order valence-electron chi connectivity index (χ4n) is 1.84. The van der Waals surface area contributed by atoms with Crippen molar-refractivity contribution < 1.29 is 4.74 Å². The Morgan fingerprint density at radius 3 is 2.37 bits per heavy atom. The van der Waals surface area contributed by atoms with Crippen LogP contribution in [0.25, 0.3) is 0 Å². The second kappa shape index (κ2) is 5.79. The fourth-order valence-corrected chi connectivity index (χ4v) is 1.84. The molecule has 2 rings (SSSR count). The Morgan fingerprint density at radius 1 is 0.947 bits per heavy atom. The molecule has 2 aromatic rings. The van der Waals surface area contributed by atoms with Gasteiger partial charge in [0.25, 0.3) is 0 Å². The number of ether oxygens (including phenoxy) is 1. The average molecular weight is 255 g/mol. The minimum Gasteiger partial charge on any atom is -0.489 e. The number of hydrogen-bond donors (Lipinski definition) is 1. The molecular formula is C17H21NO. The first-order valence-electron chi connectivity index (χ1n) is 6.58. The number of anilines is 1. The number of rotatable bonds is 4. The molecule has 0 fully saturated rings. The van der Waals surface area contributed by atoms with Crippen LogP contribution in [0.3, 0.4) is 0 Å². The second-order valence-electron chi connectivity index (χ2n) is 5.68. The molecular weight excluding hydrogens is 234 g/mol. The van der Waals surface area contributed by atoms with E-state index in [9.17, 15) is 0 Å². The summed E-state index contributed by atoms with van der Waals surface area (Å²) in [6, 6.07) is 18.3. The van der Waals surface area contributed by atoms with Crippen LogP contribution in [0, 0.1) is 0 Å². The van der Waals surface area contributed by atoms with Gasteiger partial charge in [-0.25, -0.2) is 0 Å². The molecule has 0 heterocycles. The second-order valence-corrected chi connectivity index (χ2v) is 5.68. The Kier molecular flexibility index (Phi) is 4.10. The molecule has 0 atom stereocenters. The molecule has 0 aliphatic heterocycles. The lowest BCUT2D eigenvalue weighted by Gasteiger charge is -2.22. The maximum Gasteiger partial charge on any atom is 0.121 e. The number of hydrogen-bond acceptors (Lipinski definition) is 2. The first kappa shape index (κ1) is 13.5. The van der Waals surface area contributed by atoms with E-state index in [1.54, 1.807) is 0 Å². The third kappa shape index (κ3) is 4.66. The van der Waals surface area contributed by atoms with Gasteiger partial charge in [-0.3, -0.25) is 0 Å². The smallest absolute Gasteiger partial charge is 0.121 e. The zero-order chi connectivity index (χ0) is 13.7. The number of benzene rings is 2. The van der Waals surface area contributed by atoms with E-state index >= 15 is 0 Å². The first-order valence-corrected chi connectivity index (χ1v) is 6.58. The molecule has 0 unspecified atom stereocenters. The van der Waals surface area contributed by atoms with E-state index < -0.39 is 0 Å². The van der Waals surface area contributed by atoms with Crippen molar-refractivity contribution >= 4 is 5.69 Å². The normalized spacial score (nSPS) is 11.1. The molecule has 2 aromatic carbocycles. The molecule has 0 radical (unpaired) electrons. The third-order valence-electron chi connectivity index (χ3n) is 2.60. The van der Waals surface area contributed by atoms with E-state index in [1.165, 1.54) is 5.56 Å². The Hall–Kier alpha value is -1.96. The summed E-state index contributed by atoms with van der Waals surface area (Å²) in [5, 5.41) is 3.44. The lowest BCUT2D eigenvalue weighted by atomic mass is 10.1. The molecule has 0 spiro atoms. The maximum atomic E-state index is 5.81. The number of nitrogens with one attached hydrogen (secondary N) is 1. The fraction of sp³-hybridized carbons (Fsp3) is 0.294. The molecule has 0 aliphatic carbocycles. The molecule has 1 N–H and O–H groups in total. The van der Waals surface area contributed by atoms with Gasteiger partial charge in [-0.2, -0.15) is 0 Å². The minimum atomic E-state index is 0.0536. The summed E-state index contributed by atoms with van der Waals surface area (Å²) in [5.74, 6) is 0.887. The van der Waals surface area contributed by atoms with Crippen LogP contribution in [0.1, 0.15) is 26.3 Å². The summed E-state index contributed by atoms with van der Waals surface area (Å²) < 4.78 is 5.81. The average Bonchev–Trinajstić information content (AvgIpc) is 2.36. The predicted molar refractivity (Wildman–Crippen MR) is 80.6 cm³/mol. The molecule has 100 valence electrons. The lowest BCUT2D eigenvalue weighted by Crippen LogP contribution is -2.25. The highest BCUT2D eigenvalue weighted by Crippen LogP contribution is 2.21. The highest BCUT2D eigenvalue weighted by Gasteiger charge is 2.09. The van der Waals surface area contributed by atoms with Crippen LogP contribution in [0.5, 0.6) is 5.75 Å². The van der Waals surface area contributed by atoms with Crippen molar-refractivity contribution in [3.05, 3.63) is 60.2 Å². The first-order chi connectivity index (χ1) is 9.03. The molecule has 0 saturated heterocycles. The van der Waals surface area contributed by atoms with Gasteiger partial charge in [0.15, 0.2) is 0 Å². The standard InChI is InChI=1S/C17H21NO/c1-17(2,3)18-15-10-7-11-16(12-15)19-13-14-8-5-4-6-9-14/h4-12,18H,13H2,1-3H3. The van der Waals surface area contributed by atoms with E-state index in [0.717, 1.165) is 11.4 Å². The predicted octanol–water partition coefficient (Wildman–Crippen LogP) is 4.48. The van der Waals surface area contributed by atoms with Crippen molar-refractivity contribution in [2.45, 2.75) is 32.9 Å². The van der Waals surface area contributed by atoms with Crippen molar-refractivity contribution in [3.63, 3.8) is 0 Å². The van der Waals surface area contributed by atoms with Gasteiger partial charge in [-0.1, -0.05) is 36.4 Å². The zero-order valence-electron chi connectivity index (χ0n) is 11.8. The highest BCUT2D eigenvalue weighted by atomic mass is 16.5. The summed E-state index contributed by atoms with van der Waals surface area (Å²) in [6.07, 6.45) is 0. The van der Waals surface area contributed by atoms with Crippen molar-refractivity contribution in [2.75, 3.05) is 5.32 Å². The monoisotopic (exact) mass is 255 g/mol. The van der Waals surface area contributed by atoms with E-state index in [0.29, 0.717) is 6.61 Å². The van der Waals surface area contributed by atoms with Crippen LogP contribution < -0.4 is 10.1 Å². The molecule has 2 heteroatoms. The van der Waals surface area contributed by atoms with Gasteiger partial charge in [0, 0.05) is 17.3 Å². The van der Waals surface area contributed by atoms with Gasteiger partial charge < -0.3 is 10.1 Å². The van der Waals surface area contributed by atoms with E-state index in [-0.39, 0.29) is 5.54 Å². The van der Waals surface area contributed by atoms with Gasteiger partial charge in [0.05, 0.1) is 0 Å². The summed E-state index contributed by atoms with van der Waals surface area (Å²) in [7, 11) is 0. The highest BCUT2D eigenvalue weighted by molar-refractivity contribution is 5.49. The van der Waals surface area contributed by atoms with E-state index in [4.69, 9.17) is 4.74 Å². The maximum absolute atomic E-state index is 5.81. The van der Waals surface area contributed by atoms with Gasteiger partial charge in [0.2, 0.25) is 0 Å². The Morgan fingerprint density at radius 2 is 1.68 bits per heavy atom. The van der Waals surface area contributed by atoms with Crippen LogP contribution in [-0.2, 0) is 6.61 Å². The molecule has 0 amide bonds. The van der Waals surface area contributed by atoms with Gasteiger partial charge in [0.1, 0.15) is 12.4 Å². The molecule has 2 nitrogen and oxygen atoms in total. The van der Waals surface area contributed by atoms with E-state index in [2.05, 4.69) is 44.3 Å². The Balaban J connectivity index is 1.99. The molecule has 0 aromatic heterocycles. The van der Waals surface area contributed by atoms with Crippen LogP contribution in [-0.4, -0.2) is 5.54 Å². The van der Waals surface area contributed by atoms with E-state index in [1.807, 2.05) is 36.4 Å². The zero-order valence-corrected chi connectivity index (χ0v) is 11.8. The lowest BCUT2D eigenvalue weighted by molar-refractivity contribution is 0.306. The van der Waals surface area contributed by atoms with Crippen molar-refractivity contribution in [2.24, 2.45) is 0 Å². The van der Waals surface area contributed by atoms with Gasteiger partial charge in [-0.05, 0) is 38.5 Å². The van der Waals surface area contributed by atoms with Crippen LogP contribution >= 0.6 is 0 Å². The van der Waals surface area contributed by atoms with Crippen LogP contribution in [0.15, 0.2) is 54.6 Å². The molecule has 19 heavy (non-hydrogen) atoms. The molecule has 0 bridgehead atoms. The third-order valence-corrected chi connectivity index (χ3v) is 2.60. The van der Waals surface area contributed by atoms with Gasteiger partial charge >= 0.3 is 0 Å². The summed E-state index contributed by atoms with van der Waals surface area (Å²) in [4.78, 5) is 0. The van der Waals surface area contributed by atoms with Crippen LogP contribution in [0.2, 0.25) is 0 Å². The van der Waals surface area contributed by atoms with Crippen molar-refractivity contribution in [3.8, 4) is 5.75 Å². The van der Waals surface area contributed by atoms with Crippen LogP contribution in [0.4, 0.5) is 5.69 Å². The minimum absolute atomic E-state index is 0.0536. The largest absolute Gasteiger partial charge is 0.489 e. The Bertz CT molecular complexity index is 514. The molecule has 0 aliphatic rings. The topological polar surface area (TPSA) is 21.3 Å². The summed E-state index contributed by atoms with van der Waals surface area (Å²) in [5.41, 5.74) is 2.31. The van der Waals surface area contributed by atoms with Crippen molar-refractivity contribution in [1.82, 2.24) is 0 Å². The molecule has 0 saturated carbocycles. The quantitative estimate of drug-likeness (QED) is 0.870. The van der Waals surface area contributed by atoms with Crippen molar-refractivity contribution in [1.29, 1.82) is 0 Å². The van der Waals surface area contributed by atoms with Gasteiger partial charge in [-0.15, -0.1) is 0 Å².